The van der Waals surface area contributed by atoms with Crippen LogP contribution in [0.25, 0.3) is 0 Å². The summed E-state index contributed by atoms with van der Waals surface area (Å²) in [6.07, 6.45) is 1.07. The first-order valence-corrected chi connectivity index (χ1v) is 13.6. The van der Waals surface area contributed by atoms with Gasteiger partial charge in [-0.05, 0) is 41.5 Å². The predicted octanol–water partition coefficient (Wildman–Crippen LogP) is 3.55. The van der Waals surface area contributed by atoms with Gasteiger partial charge in [-0.15, -0.1) is 0 Å². The highest BCUT2D eigenvalue weighted by Gasteiger charge is 2.20. The van der Waals surface area contributed by atoms with E-state index in [0.717, 1.165) is 49.0 Å². The fourth-order valence-corrected chi connectivity index (χ4v) is 4.98. The average Bonchev–Trinajstić information content (AvgIpc) is 2.87. The topological polar surface area (TPSA) is 79.0 Å². The van der Waals surface area contributed by atoms with Crippen LogP contribution in [0.2, 0.25) is 0 Å². The number of nitrogens with zero attached hydrogens (tertiary/aromatic N) is 2. The molecule has 0 aromatic heterocycles. The lowest BCUT2D eigenvalue weighted by molar-refractivity contribution is 0.0342. The molecule has 0 radical (unpaired) electrons. The molecule has 36 heavy (non-hydrogen) atoms. The van der Waals surface area contributed by atoms with Gasteiger partial charge in [0.2, 0.25) is 10.0 Å². The summed E-state index contributed by atoms with van der Waals surface area (Å²) in [4.78, 5) is 15.1. The number of hydrogen-bond acceptors (Lipinski definition) is 5. The van der Waals surface area contributed by atoms with Gasteiger partial charge in [0.05, 0.1) is 31.7 Å². The SMILES string of the molecule is CS(=O)(=O)N(Cc1ccccc1F)c1ccc(C(=O)NCc2cccc(CN3CCOCC3)c2)cc1. The summed E-state index contributed by atoms with van der Waals surface area (Å²) in [5.74, 6) is -0.740. The molecular weight excluding hydrogens is 481 g/mol. The molecule has 0 bridgehead atoms. The Hall–Kier alpha value is -3.27. The Bertz CT molecular complexity index is 1290. The van der Waals surface area contributed by atoms with Crippen molar-refractivity contribution in [2.45, 2.75) is 19.6 Å². The fourth-order valence-electron chi connectivity index (χ4n) is 4.10. The molecule has 1 heterocycles. The average molecular weight is 512 g/mol. The molecule has 4 rings (SSSR count). The van der Waals surface area contributed by atoms with Crippen molar-refractivity contribution in [2.75, 3.05) is 36.9 Å². The number of carbonyl (C=O) groups is 1. The molecule has 7 nitrogen and oxygen atoms in total. The standard InChI is InChI=1S/C27H30FN3O4S/c1-36(33,34)31(20-24-7-2-3-8-26(24)28)25-11-9-23(10-12-25)27(32)29-18-21-5-4-6-22(17-21)19-30-13-15-35-16-14-30/h2-12,17H,13-16,18-20H2,1H3,(H,29,32). The second-order valence-electron chi connectivity index (χ2n) is 8.80. The zero-order valence-corrected chi connectivity index (χ0v) is 21.0. The smallest absolute Gasteiger partial charge is 0.251 e. The van der Waals surface area contributed by atoms with Crippen molar-refractivity contribution < 1.29 is 22.3 Å². The van der Waals surface area contributed by atoms with Crippen LogP contribution in [0.3, 0.4) is 0 Å². The summed E-state index contributed by atoms with van der Waals surface area (Å²) in [7, 11) is -3.67. The summed E-state index contributed by atoms with van der Waals surface area (Å²) in [5.41, 5.74) is 3.21. The van der Waals surface area contributed by atoms with E-state index in [9.17, 15) is 17.6 Å². The number of morpholine rings is 1. The van der Waals surface area contributed by atoms with Crippen LogP contribution in [0.5, 0.6) is 0 Å². The van der Waals surface area contributed by atoms with Crippen molar-refractivity contribution in [3.63, 3.8) is 0 Å². The maximum absolute atomic E-state index is 14.1. The van der Waals surface area contributed by atoms with Gasteiger partial charge < -0.3 is 10.1 Å². The summed E-state index contributed by atoms with van der Waals surface area (Å²) < 4.78 is 45.4. The van der Waals surface area contributed by atoms with Crippen LogP contribution in [0.1, 0.15) is 27.0 Å². The van der Waals surface area contributed by atoms with Gasteiger partial charge in [0, 0.05) is 37.3 Å². The van der Waals surface area contributed by atoms with Gasteiger partial charge >= 0.3 is 0 Å². The summed E-state index contributed by atoms with van der Waals surface area (Å²) in [6, 6.07) is 20.4. The molecule has 1 N–H and O–H groups in total. The molecule has 3 aromatic rings. The Morgan fingerprint density at radius 2 is 1.69 bits per heavy atom. The van der Waals surface area contributed by atoms with Crippen LogP contribution < -0.4 is 9.62 Å². The van der Waals surface area contributed by atoms with Crippen molar-refractivity contribution in [1.29, 1.82) is 0 Å². The number of anilines is 1. The second kappa shape index (κ2) is 11.6. The lowest BCUT2D eigenvalue weighted by atomic mass is 10.1. The molecule has 9 heteroatoms. The normalized spacial score (nSPS) is 14.4. The number of halogens is 1. The van der Waals surface area contributed by atoms with Crippen LogP contribution in [0, 0.1) is 5.82 Å². The highest BCUT2D eigenvalue weighted by Crippen LogP contribution is 2.22. The van der Waals surface area contributed by atoms with Crippen LogP contribution in [0.4, 0.5) is 10.1 Å². The van der Waals surface area contributed by atoms with Crippen LogP contribution >= 0.6 is 0 Å². The number of sulfonamides is 1. The van der Waals surface area contributed by atoms with Gasteiger partial charge in [-0.2, -0.15) is 0 Å². The summed E-state index contributed by atoms with van der Waals surface area (Å²) in [5, 5.41) is 2.92. The summed E-state index contributed by atoms with van der Waals surface area (Å²) >= 11 is 0. The number of carbonyl (C=O) groups excluding carboxylic acids is 1. The number of hydrogen-bond donors (Lipinski definition) is 1. The number of amides is 1. The van der Waals surface area contributed by atoms with Crippen molar-refractivity contribution in [2.24, 2.45) is 0 Å². The third kappa shape index (κ3) is 6.90. The van der Waals surface area contributed by atoms with Gasteiger partial charge in [-0.25, -0.2) is 12.8 Å². The lowest BCUT2D eigenvalue weighted by Crippen LogP contribution is -2.35. The maximum Gasteiger partial charge on any atom is 0.251 e. The van der Waals surface area contributed by atoms with E-state index in [1.54, 1.807) is 42.5 Å². The van der Waals surface area contributed by atoms with Crippen molar-refractivity contribution in [3.8, 4) is 0 Å². The second-order valence-corrected chi connectivity index (χ2v) is 10.7. The fraction of sp³-hybridized carbons (Fsp3) is 0.296. The largest absolute Gasteiger partial charge is 0.379 e. The number of nitrogens with one attached hydrogen (secondary N) is 1. The van der Waals surface area contributed by atoms with Gasteiger partial charge in [0.15, 0.2) is 0 Å². The van der Waals surface area contributed by atoms with Crippen molar-refractivity contribution in [3.05, 3.63) is 101 Å². The Labute approximate surface area is 211 Å². The zero-order chi connectivity index (χ0) is 25.5. The molecule has 1 aliphatic rings. The summed E-state index contributed by atoms with van der Waals surface area (Å²) in [6.45, 7) is 4.40. The molecule has 0 unspecified atom stereocenters. The highest BCUT2D eigenvalue weighted by molar-refractivity contribution is 7.92. The minimum absolute atomic E-state index is 0.141. The van der Waals surface area contributed by atoms with Gasteiger partial charge in [0.1, 0.15) is 5.82 Å². The zero-order valence-electron chi connectivity index (χ0n) is 20.2. The van der Waals surface area contributed by atoms with E-state index < -0.39 is 15.8 Å². The van der Waals surface area contributed by atoms with E-state index >= 15 is 0 Å². The van der Waals surface area contributed by atoms with E-state index in [2.05, 4.69) is 22.3 Å². The van der Waals surface area contributed by atoms with Crippen LogP contribution in [-0.2, 0) is 34.4 Å². The Morgan fingerprint density at radius 3 is 2.39 bits per heavy atom. The Morgan fingerprint density at radius 1 is 1.00 bits per heavy atom. The molecule has 1 amide bonds. The molecule has 0 aliphatic carbocycles. The molecule has 0 saturated carbocycles. The maximum atomic E-state index is 14.1. The Kier molecular flexibility index (Phi) is 8.35. The molecule has 3 aromatic carbocycles. The molecule has 190 valence electrons. The number of ether oxygens (including phenoxy) is 1. The third-order valence-electron chi connectivity index (χ3n) is 6.04. The monoisotopic (exact) mass is 511 g/mol. The molecule has 0 atom stereocenters. The minimum Gasteiger partial charge on any atom is -0.379 e. The van der Waals surface area contributed by atoms with E-state index in [-0.39, 0.29) is 18.0 Å². The van der Waals surface area contributed by atoms with Crippen LogP contribution in [0.15, 0.2) is 72.8 Å². The quantitative estimate of drug-likeness (QED) is 0.475. The first-order valence-electron chi connectivity index (χ1n) is 11.8. The predicted molar refractivity (Wildman–Crippen MR) is 138 cm³/mol. The third-order valence-corrected chi connectivity index (χ3v) is 7.18. The van der Waals surface area contributed by atoms with Crippen molar-refractivity contribution >= 4 is 21.6 Å². The van der Waals surface area contributed by atoms with Gasteiger partial charge in [0.25, 0.3) is 5.91 Å². The van der Waals surface area contributed by atoms with Crippen molar-refractivity contribution in [1.82, 2.24) is 10.2 Å². The van der Waals surface area contributed by atoms with Crippen LogP contribution in [-0.4, -0.2) is 51.8 Å². The molecule has 1 fully saturated rings. The highest BCUT2D eigenvalue weighted by atomic mass is 32.2. The molecule has 1 saturated heterocycles. The van der Waals surface area contributed by atoms with E-state index in [1.807, 2.05) is 12.1 Å². The van der Waals surface area contributed by atoms with E-state index in [1.165, 1.54) is 11.6 Å². The Balaban J connectivity index is 1.39. The van der Waals surface area contributed by atoms with Gasteiger partial charge in [-0.1, -0.05) is 42.5 Å². The van der Waals surface area contributed by atoms with Gasteiger partial charge in [-0.3, -0.25) is 14.0 Å². The lowest BCUT2D eigenvalue weighted by Gasteiger charge is -2.26. The minimum atomic E-state index is -3.67. The number of benzene rings is 3. The molecular formula is C27H30FN3O4S. The first-order chi connectivity index (χ1) is 17.3. The van der Waals surface area contributed by atoms with E-state index in [0.29, 0.717) is 17.8 Å². The molecule has 1 aliphatic heterocycles. The first kappa shape index (κ1) is 25.8. The number of rotatable bonds is 9. The van der Waals surface area contributed by atoms with E-state index in [4.69, 9.17) is 4.74 Å². The molecule has 0 spiro atoms.